The highest BCUT2D eigenvalue weighted by Crippen LogP contribution is 2.70. The Morgan fingerprint density at radius 2 is 1.62 bits per heavy atom. The Balaban J connectivity index is 1.47. The molecule has 136 valence electrons. The van der Waals surface area contributed by atoms with Crippen molar-refractivity contribution in [1.29, 1.82) is 0 Å². The summed E-state index contributed by atoms with van der Waals surface area (Å²) in [5.41, 5.74) is 0.429. The zero-order chi connectivity index (χ0) is 16.9. The van der Waals surface area contributed by atoms with Crippen LogP contribution < -0.4 is 0 Å². The minimum Gasteiger partial charge on any atom is -0.393 e. The third kappa shape index (κ3) is 1.80. The van der Waals surface area contributed by atoms with E-state index in [4.69, 9.17) is 4.74 Å². The first-order valence-corrected chi connectivity index (χ1v) is 10.3. The molecule has 0 bridgehead atoms. The van der Waals surface area contributed by atoms with E-state index in [0.29, 0.717) is 17.8 Å². The van der Waals surface area contributed by atoms with Crippen LogP contribution in [0.2, 0.25) is 0 Å². The van der Waals surface area contributed by atoms with Crippen molar-refractivity contribution >= 4 is 0 Å². The van der Waals surface area contributed by atoms with Crippen LogP contribution in [-0.2, 0) is 4.74 Å². The zero-order valence-corrected chi connectivity index (χ0v) is 15.5. The standard InChI is InChI=1S/C21H34O3/c1-19(2)18-5-4-15-13-11-17(23)16-10-12(22)6-8-20(16,3)14(13)7-9-21(15,18)24-19/h12-18,22-23H,4-11H2,1-3H3/t12-,13+,14-,15-,16+,17-,18?,20?,21+/m0/s1. The van der Waals surface area contributed by atoms with Gasteiger partial charge in [-0.05, 0) is 94.3 Å². The molecular weight excluding hydrogens is 300 g/mol. The van der Waals surface area contributed by atoms with E-state index in [-0.39, 0.29) is 28.8 Å². The van der Waals surface area contributed by atoms with Crippen molar-refractivity contribution < 1.29 is 14.9 Å². The predicted molar refractivity (Wildman–Crippen MR) is 92.4 cm³/mol. The minimum atomic E-state index is -0.228. The number of aliphatic hydroxyl groups is 2. The predicted octanol–water partition coefficient (Wildman–Crippen LogP) is 3.52. The average molecular weight is 335 g/mol. The number of hydrogen-bond acceptors (Lipinski definition) is 3. The highest BCUT2D eigenvalue weighted by Gasteiger charge is 2.71. The molecule has 1 spiro atoms. The van der Waals surface area contributed by atoms with E-state index in [1.807, 2.05) is 0 Å². The molecular formula is C21H34O3. The molecule has 1 heterocycles. The first-order valence-electron chi connectivity index (χ1n) is 10.3. The second-order valence-corrected chi connectivity index (χ2v) is 10.5. The van der Waals surface area contributed by atoms with Gasteiger partial charge in [-0.25, -0.2) is 0 Å². The van der Waals surface area contributed by atoms with Gasteiger partial charge in [-0.15, -0.1) is 0 Å². The Bertz CT molecular complexity index is 545. The molecule has 4 saturated carbocycles. The second kappa shape index (κ2) is 4.78. The lowest BCUT2D eigenvalue weighted by Crippen LogP contribution is -2.70. The topological polar surface area (TPSA) is 49.7 Å². The van der Waals surface area contributed by atoms with Crippen LogP contribution in [0, 0.1) is 35.0 Å². The largest absolute Gasteiger partial charge is 0.393 e. The van der Waals surface area contributed by atoms with E-state index in [1.165, 1.54) is 25.7 Å². The van der Waals surface area contributed by atoms with E-state index in [2.05, 4.69) is 20.8 Å². The van der Waals surface area contributed by atoms with Crippen LogP contribution >= 0.6 is 0 Å². The fourth-order valence-corrected chi connectivity index (χ4v) is 8.53. The van der Waals surface area contributed by atoms with Crippen molar-refractivity contribution in [3.05, 3.63) is 0 Å². The van der Waals surface area contributed by atoms with Gasteiger partial charge in [0.1, 0.15) is 0 Å². The van der Waals surface area contributed by atoms with E-state index < -0.39 is 0 Å². The SMILES string of the molecule is CC1(C)O[C@]23CC[C@H]4[C@@H](C[C@H](O)[C@H]5C[C@@H](O)CCC54C)[C@@H]2CCC13. The molecule has 2 unspecified atom stereocenters. The van der Waals surface area contributed by atoms with Crippen molar-refractivity contribution in [2.45, 2.75) is 95.5 Å². The maximum Gasteiger partial charge on any atom is 0.0776 e. The summed E-state index contributed by atoms with van der Waals surface area (Å²) in [7, 11) is 0. The van der Waals surface area contributed by atoms with Gasteiger partial charge >= 0.3 is 0 Å². The summed E-state index contributed by atoms with van der Waals surface area (Å²) in [6.07, 6.45) is 8.45. The van der Waals surface area contributed by atoms with Crippen LogP contribution in [0.15, 0.2) is 0 Å². The van der Waals surface area contributed by atoms with Crippen LogP contribution in [0.1, 0.15) is 72.1 Å². The molecule has 0 amide bonds. The Morgan fingerprint density at radius 3 is 2.38 bits per heavy atom. The number of ether oxygens (including phenoxy) is 1. The van der Waals surface area contributed by atoms with Gasteiger partial charge < -0.3 is 14.9 Å². The fourth-order valence-electron chi connectivity index (χ4n) is 8.53. The van der Waals surface area contributed by atoms with Crippen LogP contribution in [0.25, 0.3) is 0 Å². The second-order valence-electron chi connectivity index (χ2n) is 10.5. The Kier molecular flexibility index (Phi) is 3.20. The van der Waals surface area contributed by atoms with Crippen LogP contribution in [0.4, 0.5) is 0 Å². The summed E-state index contributed by atoms with van der Waals surface area (Å²) in [5, 5.41) is 21.1. The highest BCUT2D eigenvalue weighted by molar-refractivity contribution is 5.20. The smallest absolute Gasteiger partial charge is 0.0776 e. The summed E-state index contributed by atoms with van der Waals surface area (Å²) in [6.45, 7) is 6.97. The van der Waals surface area contributed by atoms with Crippen molar-refractivity contribution in [2.75, 3.05) is 0 Å². The molecule has 24 heavy (non-hydrogen) atoms. The number of hydrogen-bond donors (Lipinski definition) is 2. The summed E-state index contributed by atoms with van der Waals surface area (Å²) < 4.78 is 6.59. The quantitative estimate of drug-likeness (QED) is 0.713. The van der Waals surface area contributed by atoms with Gasteiger partial charge in [-0.2, -0.15) is 0 Å². The molecule has 0 aromatic carbocycles. The first kappa shape index (κ1) is 16.1. The van der Waals surface area contributed by atoms with E-state index >= 15 is 0 Å². The summed E-state index contributed by atoms with van der Waals surface area (Å²) >= 11 is 0. The maximum atomic E-state index is 11.0. The third-order valence-electron chi connectivity index (χ3n) is 9.37. The molecule has 1 aliphatic heterocycles. The van der Waals surface area contributed by atoms with Gasteiger partial charge in [-0.3, -0.25) is 0 Å². The van der Waals surface area contributed by atoms with Crippen LogP contribution in [-0.4, -0.2) is 33.6 Å². The van der Waals surface area contributed by atoms with E-state index in [1.54, 1.807) is 0 Å². The summed E-state index contributed by atoms with van der Waals surface area (Å²) in [5.74, 6) is 3.04. The van der Waals surface area contributed by atoms with Crippen molar-refractivity contribution in [3.63, 3.8) is 0 Å². The normalized spacial score (nSPS) is 61.1. The molecule has 1 saturated heterocycles. The maximum absolute atomic E-state index is 11.0. The molecule has 5 aliphatic rings. The third-order valence-corrected chi connectivity index (χ3v) is 9.37. The highest BCUT2D eigenvalue weighted by atomic mass is 16.6. The Morgan fingerprint density at radius 1 is 0.833 bits per heavy atom. The molecule has 3 nitrogen and oxygen atoms in total. The molecule has 9 atom stereocenters. The molecule has 0 aromatic heterocycles. The lowest BCUT2D eigenvalue weighted by molar-refractivity contribution is -0.337. The molecule has 0 aromatic rings. The van der Waals surface area contributed by atoms with Gasteiger partial charge in [0, 0.05) is 5.92 Å². The summed E-state index contributed by atoms with van der Waals surface area (Å²) in [4.78, 5) is 0. The van der Waals surface area contributed by atoms with Crippen molar-refractivity contribution in [1.82, 2.24) is 0 Å². The lowest BCUT2D eigenvalue weighted by Gasteiger charge is -2.67. The Labute approximate surface area is 146 Å². The van der Waals surface area contributed by atoms with Gasteiger partial charge in [0.05, 0.1) is 23.4 Å². The lowest BCUT2D eigenvalue weighted by atomic mass is 9.44. The fraction of sp³-hybridized carbons (Fsp3) is 1.00. The number of rotatable bonds is 0. The number of aliphatic hydroxyl groups excluding tert-OH is 2. The summed E-state index contributed by atoms with van der Waals surface area (Å²) in [6, 6.07) is 0. The molecule has 2 N–H and O–H groups in total. The van der Waals surface area contributed by atoms with Crippen molar-refractivity contribution in [2.24, 2.45) is 35.0 Å². The van der Waals surface area contributed by atoms with E-state index in [0.717, 1.165) is 37.5 Å². The van der Waals surface area contributed by atoms with E-state index in [9.17, 15) is 10.2 Å². The van der Waals surface area contributed by atoms with Gasteiger partial charge in [0.2, 0.25) is 0 Å². The van der Waals surface area contributed by atoms with Gasteiger partial charge in [0.25, 0.3) is 0 Å². The molecule has 3 heteroatoms. The zero-order valence-electron chi connectivity index (χ0n) is 15.5. The molecule has 5 fully saturated rings. The minimum absolute atomic E-state index is 0.0657. The van der Waals surface area contributed by atoms with Crippen molar-refractivity contribution in [3.8, 4) is 0 Å². The van der Waals surface area contributed by atoms with Gasteiger partial charge in [-0.1, -0.05) is 6.92 Å². The molecule has 0 radical (unpaired) electrons. The van der Waals surface area contributed by atoms with Crippen LogP contribution in [0.5, 0.6) is 0 Å². The Hall–Kier alpha value is -0.120. The molecule has 4 aliphatic carbocycles. The average Bonchev–Trinajstić information content (AvgIpc) is 2.84. The first-order chi connectivity index (χ1) is 11.3. The van der Waals surface area contributed by atoms with Crippen LogP contribution in [0.3, 0.4) is 0 Å². The molecule has 5 rings (SSSR count). The van der Waals surface area contributed by atoms with Gasteiger partial charge in [0.15, 0.2) is 0 Å². The number of fused-ring (bicyclic) bond motifs is 4. The monoisotopic (exact) mass is 334 g/mol.